The number of aromatic carboxylic acids is 1. The Labute approximate surface area is 130 Å². The van der Waals surface area contributed by atoms with Gasteiger partial charge in [-0.1, -0.05) is 5.16 Å². The number of hydrogen-bond acceptors (Lipinski definition) is 4. The molecule has 2 aromatic carbocycles. The molecule has 1 heterocycles. The van der Waals surface area contributed by atoms with E-state index in [1.165, 1.54) is 24.3 Å². The van der Waals surface area contributed by atoms with Crippen LogP contribution in [0.15, 0.2) is 53.1 Å². The van der Waals surface area contributed by atoms with Crippen molar-refractivity contribution < 1.29 is 23.6 Å². The van der Waals surface area contributed by atoms with E-state index in [0.717, 1.165) is 0 Å². The van der Waals surface area contributed by atoms with Crippen molar-refractivity contribution in [1.29, 1.82) is 0 Å². The molecule has 116 valence electrons. The molecule has 0 unspecified atom stereocenters. The fourth-order valence-electron chi connectivity index (χ4n) is 2.14. The number of nitrogens with zero attached hydrogens (tertiary/aromatic N) is 1. The van der Waals surface area contributed by atoms with Gasteiger partial charge in [-0.3, -0.25) is 0 Å². The minimum absolute atomic E-state index is 0.0391. The number of carboxylic acid groups (broad SMARTS) is 1. The summed E-state index contributed by atoms with van der Waals surface area (Å²) in [5, 5.41) is 13.0. The first-order chi connectivity index (χ1) is 11.0. The fraction of sp³-hybridized carbons (Fsp3) is 0.0588. The van der Waals surface area contributed by atoms with E-state index in [4.69, 9.17) is 9.26 Å². The molecular weight excluding hydrogens is 301 g/mol. The lowest BCUT2D eigenvalue weighted by molar-refractivity contribution is 0.0695. The van der Waals surface area contributed by atoms with Crippen LogP contribution in [-0.2, 0) is 0 Å². The van der Waals surface area contributed by atoms with E-state index in [1.54, 1.807) is 31.2 Å². The average molecular weight is 313 g/mol. The minimum atomic E-state index is -1.09. The van der Waals surface area contributed by atoms with Crippen LogP contribution in [0, 0.1) is 12.7 Å². The van der Waals surface area contributed by atoms with Gasteiger partial charge in [0, 0.05) is 5.56 Å². The standard InChI is InChI=1S/C17H12FNO4/c1-10-15(17(20)21)16(19-23-10)11-2-6-13(7-3-11)22-14-8-4-12(18)5-9-14/h2-9H,1H3,(H,20,21). The number of ether oxygens (including phenoxy) is 1. The maximum Gasteiger partial charge on any atom is 0.341 e. The van der Waals surface area contributed by atoms with Crippen molar-refractivity contribution in [3.05, 3.63) is 65.7 Å². The molecule has 0 radical (unpaired) electrons. The smallest absolute Gasteiger partial charge is 0.341 e. The molecule has 0 bridgehead atoms. The monoisotopic (exact) mass is 313 g/mol. The van der Waals surface area contributed by atoms with Crippen molar-refractivity contribution in [2.75, 3.05) is 0 Å². The van der Waals surface area contributed by atoms with Crippen molar-refractivity contribution in [2.45, 2.75) is 6.92 Å². The van der Waals surface area contributed by atoms with Gasteiger partial charge >= 0.3 is 5.97 Å². The molecule has 0 amide bonds. The van der Waals surface area contributed by atoms with Crippen molar-refractivity contribution in [3.63, 3.8) is 0 Å². The molecule has 0 spiro atoms. The summed E-state index contributed by atoms with van der Waals surface area (Å²) in [4.78, 5) is 11.3. The zero-order valence-corrected chi connectivity index (χ0v) is 12.1. The maximum absolute atomic E-state index is 12.9. The lowest BCUT2D eigenvalue weighted by Gasteiger charge is -2.06. The number of aryl methyl sites for hydroxylation is 1. The Bertz CT molecular complexity index is 838. The number of rotatable bonds is 4. The van der Waals surface area contributed by atoms with Gasteiger partial charge in [0.2, 0.25) is 0 Å². The molecule has 1 aromatic heterocycles. The summed E-state index contributed by atoms with van der Waals surface area (Å²) >= 11 is 0. The van der Waals surface area contributed by atoms with Crippen molar-refractivity contribution in [3.8, 4) is 22.8 Å². The van der Waals surface area contributed by atoms with E-state index in [0.29, 0.717) is 17.1 Å². The summed E-state index contributed by atoms with van der Waals surface area (Å²) in [5.41, 5.74) is 0.909. The van der Waals surface area contributed by atoms with E-state index in [2.05, 4.69) is 5.16 Å². The molecule has 3 aromatic rings. The molecule has 0 aliphatic heterocycles. The Hall–Kier alpha value is -3.15. The van der Waals surface area contributed by atoms with Crippen molar-refractivity contribution in [1.82, 2.24) is 5.16 Å². The van der Waals surface area contributed by atoms with E-state index < -0.39 is 5.97 Å². The van der Waals surface area contributed by atoms with Crippen LogP contribution in [0.5, 0.6) is 11.5 Å². The number of carboxylic acids is 1. The molecular formula is C17H12FNO4. The van der Waals surface area contributed by atoms with Crippen LogP contribution in [0.1, 0.15) is 16.1 Å². The molecule has 6 heteroatoms. The Morgan fingerprint density at radius 2 is 1.65 bits per heavy atom. The number of carbonyl (C=O) groups is 1. The molecule has 0 fully saturated rings. The van der Waals surface area contributed by atoms with Crippen LogP contribution in [0.3, 0.4) is 0 Å². The molecule has 3 rings (SSSR count). The molecule has 0 aliphatic rings. The van der Waals surface area contributed by atoms with E-state index in [-0.39, 0.29) is 22.8 Å². The molecule has 1 N–H and O–H groups in total. The fourth-order valence-corrected chi connectivity index (χ4v) is 2.14. The molecule has 0 saturated heterocycles. The van der Waals surface area contributed by atoms with E-state index in [1.807, 2.05) is 0 Å². The Morgan fingerprint density at radius 3 is 2.22 bits per heavy atom. The van der Waals surface area contributed by atoms with Gasteiger partial charge in [0.15, 0.2) is 0 Å². The van der Waals surface area contributed by atoms with E-state index in [9.17, 15) is 14.3 Å². The maximum atomic E-state index is 12.9. The SMILES string of the molecule is Cc1onc(-c2ccc(Oc3ccc(F)cc3)cc2)c1C(=O)O. The van der Waals surface area contributed by atoms with Gasteiger partial charge in [0.25, 0.3) is 0 Å². The Morgan fingerprint density at radius 1 is 1.09 bits per heavy atom. The van der Waals surface area contributed by atoms with Crippen LogP contribution < -0.4 is 4.74 Å². The second kappa shape index (κ2) is 5.92. The third-order valence-electron chi connectivity index (χ3n) is 3.25. The first kappa shape index (κ1) is 14.8. The molecule has 0 atom stereocenters. The van der Waals surface area contributed by atoms with E-state index >= 15 is 0 Å². The van der Waals surface area contributed by atoms with Gasteiger partial charge in [-0.25, -0.2) is 9.18 Å². The van der Waals surface area contributed by atoms with Gasteiger partial charge < -0.3 is 14.4 Å². The Kier molecular flexibility index (Phi) is 3.80. The summed E-state index contributed by atoms with van der Waals surface area (Å²) in [6.07, 6.45) is 0. The summed E-state index contributed by atoms with van der Waals surface area (Å²) in [6.45, 7) is 1.55. The number of hydrogen-bond donors (Lipinski definition) is 1. The number of halogens is 1. The van der Waals surface area contributed by atoms with Gasteiger partial charge in [-0.15, -0.1) is 0 Å². The lowest BCUT2D eigenvalue weighted by atomic mass is 10.1. The molecule has 0 saturated carbocycles. The number of aromatic nitrogens is 1. The van der Waals surface area contributed by atoms with Gasteiger partial charge in [-0.2, -0.15) is 0 Å². The minimum Gasteiger partial charge on any atom is -0.477 e. The molecule has 5 nitrogen and oxygen atoms in total. The second-order valence-electron chi connectivity index (χ2n) is 4.85. The van der Waals surface area contributed by atoms with Crippen molar-refractivity contribution in [2.24, 2.45) is 0 Å². The molecule has 23 heavy (non-hydrogen) atoms. The third kappa shape index (κ3) is 3.06. The first-order valence-electron chi connectivity index (χ1n) is 6.78. The van der Waals surface area contributed by atoms with Gasteiger partial charge in [-0.05, 0) is 55.5 Å². The highest BCUT2D eigenvalue weighted by molar-refractivity contribution is 5.95. The van der Waals surface area contributed by atoms with Crippen LogP contribution >= 0.6 is 0 Å². The lowest BCUT2D eigenvalue weighted by Crippen LogP contribution is -1.99. The summed E-state index contributed by atoms with van der Waals surface area (Å²) in [7, 11) is 0. The first-order valence-corrected chi connectivity index (χ1v) is 6.78. The molecule has 0 aliphatic carbocycles. The predicted molar refractivity (Wildman–Crippen MR) is 80.1 cm³/mol. The van der Waals surface area contributed by atoms with Crippen LogP contribution in [0.4, 0.5) is 4.39 Å². The second-order valence-corrected chi connectivity index (χ2v) is 4.85. The van der Waals surface area contributed by atoms with Crippen LogP contribution in [0.25, 0.3) is 11.3 Å². The summed E-state index contributed by atoms with van der Waals surface area (Å²) in [6, 6.07) is 12.4. The third-order valence-corrected chi connectivity index (χ3v) is 3.25. The highest BCUT2D eigenvalue weighted by Crippen LogP contribution is 2.28. The normalized spacial score (nSPS) is 10.5. The van der Waals surface area contributed by atoms with Crippen LogP contribution in [-0.4, -0.2) is 16.2 Å². The van der Waals surface area contributed by atoms with Crippen molar-refractivity contribution >= 4 is 5.97 Å². The predicted octanol–water partition coefficient (Wildman–Crippen LogP) is 4.28. The summed E-state index contributed by atoms with van der Waals surface area (Å²) < 4.78 is 23.4. The largest absolute Gasteiger partial charge is 0.477 e. The highest BCUT2D eigenvalue weighted by atomic mass is 19.1. The quantitative estimate of drug-likeness (QED) is 0.778. The topological polar surface area (TPSA) is 72.6 Å². The Balaban J connectivity index is 1.85. The average Bonchev–Trinajstić information content (AvgIpc) is 2.92. The highest BCUT2D eigenvalue weighted by Gasteiger charge is 2.20. The number of benzene rings is 2. The van der Waals surface area contributed by atoms with Gasteiger partial charge in [0.1, 0.15) is 34.3 Å². The zero-order valence-electron chi connectivity index (χ0n) is 12.1. The zero-order chi connectivity index (χ0) is 16.4. The van der Waals surface area contributed by atoms with Gasteiger partial charge in [0.05, 0.1) is 0 Å². The summed E-state index contributed by atoms with van der Waals surface area (Å²) in [5.74, 6) is -0.139. The van der Waals surface area contributed by atoms with Crippen LogP contribution in [0.2, 0.25) is 0 Å².